The van der Waals surface area contributed by atoms with Gasteiger partial charge in [0.2, 0.25) is 0 Å². The summed E-state index contributed by atoms with van der Waals surface area (Å²) in [6.07, 6.45) is 1.17. The Balaban J connectivity index is 2.38. The van der Waals surface area contributed by atoms with E-state index in [0.717, 1.165) is 18.7 Å². The van der Waals surface area contributed by atoms with Crippen LogP contribution in [-0.2, 0) is 4.74 Å². The van der Waals surface area contributed by atoms with Gasteiger partial charge in [-0.05, 0) is 19.8 Å². The molecule has 0 aromatic carbocycles. The molecule has 1 heterocycles. The third kappa shape index (κ3) is 2.99. The average molecular weight is 184 g/mol. The molecule has 1 aliphatic heterocycles. The van der Waals surface area contributed by atoms with Gasteiger partial charge in [0.25, 0.3) is 0 Å². The summed E-state index contributed by atoms with van der Waals surface area (Å²) in [5.41, 5.74) is 4.31. The lowest BCUT2D eigenvalue weighted by molar-refractivity contribution is 0.145. The summed E-state index contributed by atoms with van der Waals surface area (Å²) in [5.74, 6) is 0.613. The van der Waals surface area contributed by atoms with Crippen LogP contribution in [0, 0.1) is 5.92 Å². The van der Waals surface area contributed by atoms with Crippen LogP contribution in [0.2, 0.25) is 0 Å². The lowest BCUT2D eigenvalue weighted by atomic mass is 10.1. The van der Waals surface area contributed by atoms with Gasteiger partial charge in [-0.2, -0.15) is 5.10 Å². The van der Waals surface area contributed by atoms with Crippen molar-refractivity contribution in [2.75, 3.05) is 6.61 Å². The Labute approximate surface area is 80.5 Å². The minimum absolute atomic E-state index is 0.201. The molecule has 0 aromatic rings. The summed E-state index contributed by atoms with van der Waals surface area (Å²) < 4.78 is 5.39. The molecular weight excluding hydrogens is 164 g/mol. The summed E-state index contributed by atoms with van der Waals surface area (Å²) in [5, 5.41) is 4.37. The Morgan fingerprint density at radius 3 is 2.62 bits per heavy atom. The first-order chi connectivity index (χ1) is 6.11. The molecule has 0 saturated carbocycles. The Bertz CT molecular complexity index is 189. The molecule has 1 fully saturated rings. The second-order valence-electron chi connectivity index (χ2n) is 4.03. The van der Waals surface area contributed by atoms with Gasteiger partial charge in [0.05, 0.1) is 18.4 Å². The molecule has 13 heavy (non-hydrogen) atoms. The maximum absolute atomic E-state index is 5.39. The first-order valence-electron chi connectivity index (χ1n) is 5.05. The molecule has 1 N–H and O–H groups in total. The highest BCUT2D eigenvalue weighted by Gasteiger charge is 2.18. The third-order valence-electron chi connectivity index (χ3n) is 2.61. The van der Waals surface area contributed by atoms with Crippen molar-refractivity contribution >= 4 is 5.71 Å². The van der Waals surface area contributed by atoms with Gasteiger partial charge in [0, 0.05) is 12.5 Å². The number of rotatable bonds is 3. The topological polar surface area (TPSA) is 33.6 Å². The van der Waals surface area contributed by atoms with E-state index in [1.165, 1.54) is 0 Å². The average Bonchev–Trinajstić information content (AvgIpc) is 2.47. The fraction of sp³-hybridized carbons (Fsp3) is 0.900. The van der Waals surface area contributed by atoms with Crippen LogP contribution in [0.3, 0.4) is 0 Å². The predicted octanol–water partition coefficient (Wildman–Crippen LogP) is 1.79. The summed E-state index contributed by atoms with van der Waals surface area (Å²) in [4.78, 5) is 0. The Morgan fingerprint density at radius 2 is 2.15 bits per heavy atom. The van der Waals surface area contributed by atoms with Crippen molar-refractivity contribution in [2.45, 2.75) is 46.3 Å². The predicted molar refractivity (Wildman–Crippen MR) is 54.9 cm³/mol. The van der Waals surface area contributed by atoms with Crippen molar-refractivity contribution in [1.82, 2.24) is 5.43 Å². The normalized spacial score (nSPS) is 28.4. The summed E-state index contributed by atoms with van der Waals surface area (Å²) in [7, 11) is 0. The van der Waals surface area contributed by atoms with Crippen molar-refractivity contribution in [3.63, 3.8) is 0 Å². The van der Waals surface area contributed by atoms with Crippen LogP contribution < -0.4 is 5.43 Å². The SMILES string of the molecule is CC1OCC/C1=N/NC(C)C(C)C. The van der Waals surface area contributed by atoms with Gasteiger partial charge in [0.1, 0.15) is 0 Å². The van der Waals surface area contributed by atoms with Crippen molar-refractivity contribution in [3.05, 3.63) is 0 Å². The monoisotopic (exact) mass is 184 g/mol. The number of hydrogen-bond acceptors (Lipinski definition) is 3. The second kappa shape index (κ2) is 4.61. The molecule has 2 atom stereocenters. The van der Waals surface area contributed by atoms with E-state index in [0.29, 0.717) is 12.0 Å². The standard InChI is InChI=1S/C10H20N2O/c1-7(2)8(3)11-12-10-5-6-13-9(10)4/h7-9,11H,5-6H2,1-4H3/b12-10-. The molecule has 3 heteroatoms. The quantitative estimate of drug-likeness (QED) is 0.678. The smallest absolute Gasteiger partial charge is 0.0946 e. The highest BCUT2D eigenvalue weighted by molar-refractivity contribution is 5.89. The van der Waals surface area contributed by atoms with E-state index in [1.54, 1.807) is 0 Å². The lowest BCUT2D eigenvalue weighted by Gasteiger charge is -2.15. The Hall–Kier alpha value is -0.570. The molecular formula is C10H20N2O. The van der Waals surface area contributed by atoms with E-state index in [2.05, 4.69) is 31.3 Å². The van der Waals surface area contributed by atoms with E-state index in [4.69, 9.17) is 4.74 Å². The fourth-order valence-corrected chi connectivity index (χ4v) is 1.12. The molecule has 1 saturated heterocycles. The van der Waals surface area contributed by atoms with Crippen molar-refractivity contribution < 1.29 is 4.74 Å². The molecule has 1 rings (SSSR count). The molecule has 0 spiro atoms. The van der Waals surface area contributed by atoms with Gasteiger partial charge in [-0.15, -0.1) is 0 Å². The van der Waals surface area contributed by atoms with Gasteiger partial charge in [-0.3, -0.25) is 0 Å². The van der Waals surface area contributed by atoms with Gasteiger partial charge >= 0.3 is 0 Å². The van der Waals surface area contributed by atoms with Crippen LogP contribution in [0.1, 0.15) is 34.1 Å². The largest absolute Gasteiger partial charge is 0.372 e. The molecule has 2 unspecified atom stereocenters. The van der Waals surface area contributed by atoms with Crippen LogP contribution in [0.25, 0.3) is 0 Å². The molecule has 1 aliphatic rings. The van der Waals surface area contributed by atoms with E-state index in [9.17, 15) is 0 Å². The molecule has 0 amide bonds. The van der Waals surface area contributed by atoms with Crippen molar-refractivity contribution in [3.8, 4) is 0 Å². The summed E-state index contributed by atoms with van der Waals surface area (Å²) in [6.45, 7) is 9.39. The Morgan fingerprint density at radius 1 is 1.46 bits per heavy atom. The molecule has 0 radical (unpaired) electrons. The van der Waals surface area contributed by atoms with Gasteiger partial charge in [-0.25, -0.2) is 0 Å². The van der Waals surface area contributed by atoms with E-state index in [1.807, 2.05) is 6.92 Å². The maximum atomic E-state index is 5.39. The third-order valence-corrected chi connectivity index (χ3v) is 2.61. The summed E-state index contributed by atoms with van der Waals surface area (Å²) in [6, 6.07) is 0.431. The van der Waals surface area contributed by atoms with Crippen LogP contribution in [0.5, 0.6) is 0 Å². The number of hydrazone groups is 1. The van der Waals surface area contributed by atoms with Gasteiger partial charge < -0.3 is 10.2 Å². The van der Waals surface area contributed by atoms with E-state index in [-0.39, 0.29) is 6.10 Å². The molecule has 0 aliphatic carbocycles. The minimum Gasteiger partial charge on any atom is -0.372 e. The highest BCUT2D eigenvalue weighted by Crippen LogP contribution is 2.09. The molecule has 76 valence electrons. The van der Waals surface area contributed by atoms with E-state index >= 15 is 0 Å². The van der Waals surface area contributed by atoms with Crippen LogP contribution >= 0.6 is 0 Å². The van der Waals surface area contributed by atoms with Crippen molar-refractivity contribution in [1.29, 1.82) is 0 Å². The minimum atomic E-state index is 0.201. The zero-order valence-corrected chi connectivity index (χ0v) is 9.00. The fourth-order valence-electron chi connectivity index (χ4n) is 1.12. The first-order valence-corrected chi connectivity index (χ1v) is 5.05. The molecule has 3 nitrogen and oxygen atoms in total. The zero-order chi connectivity index (χ0) is 9.84. The van der Waals surface area contributed by atoms with Crippen LogP contribution in [0.15, 0.2) is 5.10 Å². The van der Waals surface area contributed by atoms with Crippen molar-refractivity contribution in [2.24, 2.45) is 11.0 Å². The first kappa shape index (κ1) is 10.5. The number of nitrogens with zero attached hydrogens (tertiary/aromatic N) is 1. The zero-order valence-electron chi connectivity index (χ0n) is 9.00. The Kier molecular flexibility index (Phi) is 3.72. The van der Waals surface area contributed by atoms with Crippen LogP contribution in [-0.4, -0.2) is 24.5 Å². The number of hydrogen-bond donors (Lipinski definition) is 1. The molecule has 0 bridgehead atoms. The summed E-state index contributed by atoms with van der Waals surface area (Å²) >= 11 is 0. The highest BCUT2D eigenvalue weighted by atomic mass is 16.5. The van der Waals surface area contributed by atoms with Gasteiger partial charge in [0.15, 0.2) is 0 Å². The lowest BCUT2D eigenvalue weighted by Crippen LogP contribution is -2.28. The maximum Gasteiger partial charge on any atom is 0.0946 e. The van der Waals surface area contributed by atoms with Crippen LogP contribution in [0.4, 0.5) is 0 Å². The molecule has 0 aromatic heterocycles. The second-order valence-corrected chi connectivity index (χ2v) is 4.03. The van der Waals surface area contributed by atoms with E-state index < -0.39 is 0 Å². The van der Waals surface area contributed by atoms with Gasteiger partial charge in [-0.1, -0.05) is 13.8 Å². The number of nitrogens with one attached hydrogen (secondary N) is 1. The number of ether oxygens (including phenoxy) is 1.